The predicted molar refractivity (Wildman–Crippen MR) is 71.4 cm³/mol. The first-order chi connectivity index (χ1) is 9.12. The van der Waals surface area contributed by atoms with E-state index in [0.29, 0.717) is 18.3 Å². The summed E-state index contributed by atoms with van der Waals surface area (Å²) in [7, 11) is 1.67. The van der Waals surface area contributed by atoms with E-state index in [1.165, 1.54) is 0 Å². The van der Waals surface area contributed by atoms with Gasteiger partial charge in [-0.05, 0) is 32.0 Å². The van der Waals surface area contributed by atoms with E-state index in [4.69, 9.17) is 5.26 Å². The van der Waals surface area contributed by atoms with Gasteiger partial charge in [-0.2, -0.15) is 5.26 Å². The van der Waals surface area contributed by atoms with Gasteiger partial charge < -0.3 is 15.4 Å². The normalized spacial score (nSPS) is 13.1. The molecule has 0 heterocycles. The third-order valence-electron chi connectivity index (χ3n) is 2.80. The average Bonchev–Trinajstić information content (AvgIpc) is 2.44. The SMILES string of the molecule is CN[C@@H](Cc1ccccc1C#N)C(=O)NC(C)C=O. The lowest BCUT2D eigenvalue weighted by atomic mass is 10.0. The topological polar surface area (TPSA) is 82.0 Å². The van der Waals surface area contributed by atoms with Crippen molar-refractivity contribution >= 4 is 12.2 Å². The van der Waals surface area contributed by atoms with Crippen LogP contribution in [-0.2, 0) is 16.0 Å². The average molecular weight is 259 g/mol. The van der Waals surface area contributed by atoms with Crippen molar-refractivity contribution in [2.75, 3.05) is 7.05 Å². The predicted octanol–water partition coefficient (Wildman–Crippen LogP) is 0.392. The van der Waals surface area contributed by atoms with Crippen LogP contribution in [0.2, 0.25) is 0 Å². The summed E-state index contributed by atoms with van der Waals surface area (Å²) in [4.78, 5) is 22.5. The number of nitriles is 1. The van der Waals surface area contributed by atoms with Crippen LogP contribution >= 0.6 is 0 Å². The summed E-state index contributed by atoms with van der Waals surface area (Å²) in [6, 6.07) is 8.25. The van der Waals surface area contributed by atoms with Crippen molar-refractivity contribution in [3.8, 4) is 6.07 Å². The molecule has 0 fully saturated rings. The number of carbonyl (C=O) groups excluding carboxylic acids is 2. The van der Waals surface area contributed by atoms with Crippen LogP contribution in [0, 0.1) is 11.3 Å². The molecule has 0 bridgehead atoms. The zero-order valence-corrected chi connectivity index (χ0v) is 11.0. The highest BCUT2D eigenvalue weighted by atomic mass is 16.2. The second-order valence-corrected chi connectivity index (χ2v) is 4.25. The maximum absolute atomic E-state index is 11.9. The number of aldehydes is 1. The van der Waals surface area contributed by atoms with Crippen LogP contribution in [0.4, 0.5) is 0 Å². The number of nitrogens with one attached hydrogen (secondary N) is 2. The van der Waals surface area contributed by atoms with Crippen molar-refractivity contribution in [2.24, 2.45) is 0 Å². The van der Waals surface area contributed by atoms with Crippen LogP contribution in [0.5, 0.6) is 0 Å². The van der Waals surface area contributed by atoms with Gasteiger partial charge >= 0.3 is 0 Å². The summed E-state index contributed by atoms with van der Waals surface area (Å²) in [5.41, 5.74) is 1.36. The van der Waals surface area contributed by atoms with Crippen LogP contribution in [0.1, 0.15) is 18.1 Å². The summed E-state index contributed by atoms with van der Waals surface area (Å²) in [6.45, 7) is 1.61. The molecule has 0 saturated heterocycles. The van der Waals surface area contributed by atoms with Gasteiger partial charge in [-0.15, -0.1) is 0 Å². The molecule has 1 rings (SSSR count). The standard InChI is InChI=1S/C14H17N3O2/c1-10(9-18)17-14(19)13(16-2)7-11-5-3-4-6-12(11)8-15/h3-6,9-10,13,16H,7H2,1-2H3,(H,17,19)/t10?,13-/m0/s1. The van der Waals surface area contributed by atoms with Crippen LogP contribution < -0.4 is 10.6 Å². The Morgan fingerprint density at radius 1 is 1.47 bits per heavy atom. The molecule has 0 spiro atoms. The number of hydrogen-bond acceptors (Lipinski definition) is 4. The van der Waals surface area contributed by atoms with Crippen LogP contribution in [-0.4, -0.2) is 31.3 Å². The summed E-state index contributed by atoms with van der Waals surface area (Å²) in [5.74, 6) is -0.255. The quantitative estimate of drug-likeness (QED) is 0.724. The number of likely N-dealkylation sites (N-methyl/N-ethyl adjacent to an activating group) is 1. The maximum atomic E-state index is 11.9. The fraction of sp³-hybridized carbons (Fsp3) is 0.357. The minimum Gasteiger partial charge on any atom is -0.346 e. The lowest BCUT2D eigenvalue weighted by Gasteiger charge is -2.18. The minimum absolute atomic E-state index is 0.255. The van der Waals surface area contributed by atoms with Gasteiger partial charge in [0.25, 0.3) is 0 Å². The van der Waals surface area contributed by atoms with E-state index in [1.54, 1.807) is 26.1 Å². The van der Waals surface area contributed by atoms with Gasteiger partial charge in [-0.1, -0.05) is 18.2 Å². The molecule has 2 atom stereocenters. The third kappa shape index (κ3) is 4.19. The van der Waals surface area contributed by atoms with Crippen molar-refractivity contribution in [1.82, 2.24) is 10.6 Å². The zero-order chi connectivity index (χ0) is 14.3. The molecule has 1 aromatic rings. The molecule has 1 amide bonds. The molecular weight excluding hydrogens is 242 g/mol. The van der Waals surface area contributed by atoms with Crippen LogP contribution in [0.25, 0.3) is 0 Å². The molecule has 0 radical (unpaired) electrons. The highest BCUT2D eigenvalue weighted by Crippen LogP contribution is 2.10. The fourth-order valence-corrected chi connectivity index (χ4v) is 1.71. The van der Waals surface area contributed by atoms with Crippen LogP contribution in [0.3, 0.4) is 0 Å². The van der Waals surface area contributed by atoms with Gasteiger partial charge in [-0.25, -0.2) is 0 Å². The first kappa shape index (κ1) is 14.9. The number of nitrogens with zero attached hydrogens (tertiary/aromatic N) is 1. The second-order valence-electron chi connectivity index (χ2n) is 4.25. The Morgan fingerprint density at radius 2 is 2.16 bits per heavy atom. The number of hydrogen-bond donors (Lipinski definition) is 2. The highest BCUT2D eigenvalue weighted by molar-refractivity contribution is 5.84. The second kappa shape index (κ2) is 7.29. The van der Waals surface area contributed by atoms with Crippen molar-refractivity contribution in [2.45, 2.75) is 25.4 Å². The van der Waals surface area contributed by atoms with Gasteiger partial charge in [-0.3, -0.25) is 4.79 Å². The number of benzene rings is 1. The summed E-state index contributed by atoms with van der Waals surface area (Å²) >= 11 is 0. The van der Waals surface area contributed by atoms with E-state index in [0.717, 1.165) is 5.56 Å². The Labute approximate surface area is 112 Å². The van der Waals surface area contributed by atoms with Crippen molar-refractivity contribution in [3.63, 3.8) is 0 Å². The highest BCUT2D eigenvalue weighted by Gasteiger charge is 2.19. The van der Waals surface area contributed by atoms with Crippen molar-refractivity contribution < 1.29 is 9.59 Å². The lowest BCUT2D eigenvalue weighted by Crippen LogP contribution is -2.47. The van der Waals surface area contributed by atoms with Crippen molar-refractivity contribution in [1.29, 1.82) is 5.26 Å². The molecule has 1 aromatic carbocycles. The first-order valence-electron chi connectivity index (χ1n) is 6.03. The molecular formula is C14H17N3O2. The van der Waals surface area contributed by atoms with Gasteiger partial charge in [0.05, 0.1) is 23.7 Å². The van der Waals surface area contributed by atoms with E-state index in [9.17, 15) is 9.59 Å². The molecule has 0 saturated carbocycles. The minimum atomic E-state index is -0.519. The Kier molecular flexibility index (Phi) is 5.71. The molecule has 1 unspecified atom stereocenters. The Hall–Kier alpha value is -2.19. The maximum Gasteiger partial charge on any atom is 0.238 e. The summed E-state index contributed by atoms with van der Waals surface area (Å²) < 4.78 is 0. The van der Waals surface area contributed by atoms with E-state index in [1.807, 2.05) is 12.1 Å². The van der Waals surface area contributed by atoms with Crippen molar-refractivity contribution in [3.05, 3.63) is 35.4 Å². The molecule has 100 valence electrons. The van der Waals surface area contributed by atoms with Gasteiger partial charge in [0.1, 0.15) is 6.29 Å². The Balaban J connectivity index is 2.79. The molecule has 5 heteroatoms. The monoisotopic (exact) mass is 259 g/mol. The van der Waals surface area contributed by atoms with Gasteiger partial charge in [0.2, 0.25) is 5.91 Å². The van der Waals surface area contributed by atoms with E-state index in [2.05, 4.69) is 16.7 Å². The number of amides is 1. The lowest BCUT2D eigenvalue weighted by molar-refractivity contribution is -0.125. The fourth-order valence-electron chi connectivity index (χ4n) is 1.71. The molecule has 0 aromatic heterocycles. The molecule has 0 aliphatic rings. The first-order valence-corrected chi connectivity index (χ1v) is 6.03. The van der Waals surface area contributed by atoms with E-state index < -0.39 is 12.1 Å². The number of carbonyl (C=O) groups is 2. The zero-order valence-electron chi connectivity index (χ0n) is 11.0. The molecule has 5 nitrogen and oxygen atoms in total. The van der Waals surface area contributed by atoms with E-state index >= 15 is 0 Å². The summed E-state index contributed by atoms with van der Waals surface area (Å²) in [6.07, 6.45) is 1.07. The molecule has 0 aliphatic carbocycles. The molecule has 0 aliphatic heterocycles. The van der Waals surface area contributed by atoms with E-state index in [-0.39, 0.29) is 5.91 Å². The number of rotatable bonds is 6. The third-order valence-corrected chi connectivity index (χ3v) is 2.80. The Bertz CT molecular complexity index is 494. The molecule has 2 N–H and O–H groups in total. The smallest absolute Gasteiger partial charge is 0.238 e. The Morgan fingerprint density at radius 3 is 2.74 bits per heavy atom. The molecule has 19 heavy (non-hydrogen) atoms. The van der Waals surface area contributed by atoms with Crippen LogP contribution in [0.15, 0.2) is 24.3 Å². The van der Waals surface area contributed by atoms with Gasteiger partial charge in [0.15, 0.2) is 0 Å². The largest absolute Gasteiger partial charge is 0.346 e. The van der Waals surface area contributed by atoms with Gasteiger partial charge in [0, 0.05) is 0 Å². The summed E-state index contributed by atoms with van der Waals surface area (Å²) in [5, 5.41) is 14.5.